The van der Waals surface area contributed by atoms with Crippen LogP contribution in [0.2, 0.25) is 0 Å². The van der Waals surface area contributed by atoms with Crippen molar-refractivity contribution in [3.63, 3.8) is 0 Å². The van der Waals surface area contributed by atoms with Crippen molar-refractivity contribution < 1.29 is 14.2 Å². The van der Waals surface area contributed by atoms with E-state index < -0.39 is 0 Å². The van der Waals surface area contributed by atoms with E-state index in [4.69, 9.17) is 19.5 Å². The first-order chi connectivity index (χ1) is 6.43. The molecule has 1 aliphatic heterocycles. The van der Waals surface area contributed by atoms with Crippen LogP contribution in [0.15, 0.2) is 0 Å². The molecule has 0 bridgehead atoms. The lowest BCUT2D eigenvalue weighted by Crippen LogP contribution is -2.23. The lowest BCUT2D eigenvalue weighted by Gasteiger charge is -2.22. The number of hydrogen-bond acceptors (Lipinski definition) is 4. The van der Waals surface area contributed by atoms with E-state index in [2.05, 4.69) is 0 Å². The van der Waals surface area contributed by atoms with E-state index in [9.17, 15) is 0 Å². The Kier molecular flexibility index (Phi) is 5.50. The molecule has 1 unspecified atom stereocenters. The fourth-order valence-electron chi connectivity index (χ4n) is 1.20. The van der Waals surface area contributed by atoms with Gasteiger partial charge in [0.1, 0.15) is 6.61 Å². The van der Waals surface area contributed by atoms with Gasteiger partial charge in [-0.2, -0.15) is 5.26 Å². The summed E-state index contributed by atoms with van der Waals surface area (Å²) in [7, 11) is 0. The summed E-state index contributed by atoms with van der Waals surface area (Å²) in [6, 6.07) is 1.90. The summed E-state index contributed by atoms with van der Waals surface area (Å²) in [5, 5.41) is 8.17. The van der Waals surface area contributed by atoms with Crippen molar-refractivity contribution in [3.05, 3.63) is 0 Å². The second-order valence-electron chi connectivity index (χ2n) is 2.88. The van der Waals surface area contributed by atoms with Gasteiger partial charge in [0.15, 0.2) is 6.29 Å². The SMILES string of the molecule is N#CCOCCOC1CCCCO1. The molecule has 1 saturated heterocycles. The second kappa shape index (κ2) is 6.84. The molecular formula is C9H15NO3. The Labute approximate surface area is 78.4 Å². The van der Waals surface area contributed by atoms with Gasteiger partial charge in [0.2, 0.25) is 0 Å². The third-order valence-electron chi connectivity index (χ3n) is 1.84. The van der Waals surface area contributed by atoms with Crippen LogP contribution >= 0.6 is 0 Å². The zero-order valence-electron chi connectivity index (χ0n) is 7.70. The maximum Gasteiger partial charge on any atom is 0.157 e. The van der Waals surface area contributed by atoms with Gasteiger partial charge < -0.3 is 14.2 Å². The molecule has 0 amide bonds. The van der Waals surface area contributed by atoms with Crippen LogP contribution in [-0.2, 0) is 14.2 Å². The first kappa shape index (κ1) is 10.5. The Balaban J connectivity index is 1.90. The molecule has 13 heavy (non-hydrogen) atoms. The number of nitriles is 1. The summed E-state index contributed by atoms with van der Waals surface area (Å²) >= 11 is 0. The minimum absolute atomic E-state index is 0.0561. The molecule has 1 aliphatic rings. The average Bonchev–Trinajstić information content (AvgIpc) is 2.19. The van der Waals surface area contributed by atoms with E-state index in [0.29, 0.717) is 13.2 Å². The van der Waals surface area contributed by atoms with Gasteiger partial charge in [-0.1, -0.05) is 0 Å². The highest BCUT2D eigenvalue weighted by Crippen LogP contribution is 2.13. The minimum Gasteiger partial charge on any atom is -0.364 e. The summed E-state index contributed by atoms with van der Waals surface area (Å²) in [5.41, 5.74) is 0. The van der Waals surface area contributed by atoms with E-state index in [0.717, 1.165) is 19.4 Å². The van der Waals surface area contributed by atoms with Gasteiger partial charge >= 0.3 is 0 Å². The van der Waals surface area contributed by atoms with Crippen molar-refractivity contribution in [3.8, 4) is 6.07 Å². The standard InChI is InChI=1S/C9H15NO3/c10-4-6-11-7-8-13-9-3-1-2-5-12-9/h9H,1-3,5-8H2. The normalized spacial score (nSPS) is 22.5. The zero-order chi connectivity index (χ0) is 9.36. The van der Waals surface area contributed by atoms with Crippen LogP contribution in [0.25, 0.3) is 0 Å². The second-order valence-corrected chi connectivity index (χ2v) is 2.88. The quantitative estimate of drug-likeness (QED) is 0.601. The Morgan fingerprint density at radius 2 is 2.31 bits per heavy atom. The first-order valence-electron chi connectivity index (χ1n) is 4.61. The third-order valence-corrected chi connectivity index (χ3v) is 1.84. The highest BCUT2D eigenvalue weighted by Gasteiger charge is 2.13. The van der Waals surface area contributed by atoms with E-state index in [1.54, 1.807) is 0 Å². The average molecular weight is 185 g/mol. The molecule has 1 fully saturated rings. The molecule has 4 heteroatoms. The number of rotatable bonds is 5. The molecule has 0 aromatic heterocycles. The summed E-state index contributed by atoms with van der Waals surface area (Å²) in [5.74, 6) is 0. The lowest BCUT2D eigenvalue weighted by atomic mass is 10.2. The molecule has 74 valence electrons. The third kappa shape index (κ3) is 4.83. The van der Waals surface area contributed by atoms with Gasteiger partial charge in [0.05, 0.1) is 19.3 Å². The Morgan fingerprint density at radius 3 is 3.00 bits per heavy atom. The fourth-order valence-corrected chi connectivity index (χ4v) is 1.20. The predicted molar refractivity (Wildman–Crippen MR) is 46.0 cm³/mol. The topological polar surface area (TPSA) is 51.5 Å². The molecule has 0 aliphatic carbocycles. The lowest BCUT2D eigenvalue weighted by molar-refractivity contribution is -0.168. The van der Waals surface area contributed by atoms with Crippen molar-refractivity contribution in [2.24, 2.45) is 0 Å². The molecule has 1 rings (SSSR count). The van der Waals surface area contributed by atoms with Crippen LogP contribution in [0.4, 0.5) is 0 Å². The van der Waals surface area contributed by atoms with Crippen LogP contribution in [0, 0.1) is 11.3 Å². The highest BCUT2D eigenvalue weighted by molar-refractivity contribution is 4.66. The minimum atomic E-state index is -0.0561. The number of hydrogen-bond donors (Lipinski definition) is 0. The highest BCUT2D eigenvalue weighted by atomic mass is 16.7. The molecule has 0 radical (unpaired) electrons. The molecule has 0 saturated carbocycles. The van der Waals surface area contributed by atoms with Crippen molar-refractivity contribution >= 4 is 0 Å². The number of nitrogens with zero attached hydrogens (tertiary/aromatic N) is 1. The molecule has 0 aromatic carbocycles. The predicted octanol–water partition coefficient (Wildman–Crippen LogP) is 1.07. The number of ether oxygens (including phenoxy) is 3. The molecule has 0 aromatic rings. The molecule has 0 N–H and O–H groups in total. The Bertz CT molecular complexity index is 161. The molecular weight excluding hydrogens is 170 g/mol. The monoisotopic (exact) mass is 185 g/mol. The fraction of sp³-hybridized carbons (Fsp3) is 0.889. The van der Waals surface area contributed by atoms with Gasteiger partial charge in [0, 0.05) is 6.61 Å². The van der Waals surface area contributed by atoms with Crippen molar-refractivity contribution in [1.29, 1.82) is 5.26 Å². The van der Waals surface area contributed by atoms with Gasteiger partial charge in [-0.25, -0.2) is 0 Å². The van der Waals surface area contributed by atoms with Gasteiger partial charge in [-0.3, -0.25) is 0 Å². The summed E-state index contributed by atoms with van der Waals surface area (Å²) in [6.45, 7) is 1.90. The van der Waals surface area contributed by atoms with E-state index in [-0.39, 0.29) is 12.9 Å². The largest absolute Gasteiger partial charge is 0.364 e. The molecule has 1 heterocycles. The van der Waals surface area contributed by atoms with Gasteiger partial charge in [0.25, 0.3) is 0 Å². The van der Waals surface area contributed by atoms with Gasteiger partial charge in [-0.15, -0.1) is 0 Å². The first-order valence-corrected chi connectivity index (χ1v) is 4.61. The Hall–Kier alpha value is -0.630. The maximum absolute atomic E-state index is 8.17. The molecule has 4 nitrogen and oxygen atoms in total. The van der Waals surface area contributed by atoms with E-state index >= 15 is 0 Å². The van der Waals surface area contributed by atoms with Crippen molar-refractivity contribution in [2.75, 3.05) is 26.4 Å². The summed E-state index contributed by atoms with van der Waals surface area (Å²) in [6.07, 6.45) is 3.21. The molecule has 1 atom stereocenters. The van der Waals surface area contributed by atoms with Crippen LogP contribution in [0.1, 0.15) is 19.3 Å². The zero-order valence-corrected chi connectivity index (χ0v) is 7.70. The van der Waals surface area contributed by atoms with Crippen LogP contribution < -0.4 is 0 Å². The molecule has 0 spiro atoms. The van der Waals surface area contributed by atoms with Crippen LogP contribution in [0.3, 0.4) is 0 Å². The Morgan fingerprint density at radius 1 is 1.38 bits per heavy atom. The van der Waals surface area contributed by atoms with Crippen LogP contribution in [0.5, 0.6) is 0 Å². The van der Waals surface area contributed by atoms with Crippen molar-refractivity contribution in [1.82, 2.24) is 0 Å². The van der Waals surface area contributed by atoms with Gasteiger partial charge in [-0.05, 0) is 19.3 Å². The maximum atomic E-state index is 8.17. The van der Waals surface area contributed by atoms with Crippen molar-refractivity contribution in [2.45, 2.75) is 25.6 Å². The van der Waals surface area contributed by atoms with E-state index in [1.165, 1.54) is 6.42 Å². The summed E-state index contributed by atoms with van der Waals surface area (Å²) < 4.78 is 15.6. The van der Waals surface area contributed by atoms with E-state index in [1.807, 2.05) is 6.07 Å². The van der Waals surface area contributed by atoms with Crippen LogP contribution in [-0.4, -0.2) is 32.7 Å². The smallest absolute Gasteiger partial charge is 0.157 e. The summed E-state index contributed by atoms with van der Waals surface area (Å²) in [4.78, 5) is 0.